The van der Waals surface area contributed by atoms with Crippen molar-refractivity contribution in [1.29, 1.82) is 0 Å². The van der Waals surface area contributed by atoms with Gasteiger partial charge in [-0.25, -0.2) is 0 Å². The molecule has 0 aliphatic heterocycles. The largest absolute Gasteiger partial charge is 0.399 e. The maximum atomic E-state index is 10.1. The maximum absolute atomic E-state index is 10.1. The minimum absolute atomic E-state index is 0.407. The number of halogens is 2. The number of nitrogens with two attached hydrogens (primary N) is 1. The summed E-state index contributed by atoms with van der Waals surface area (Å²) in [5, 5.41) is 10.9. The van der Waals surface area contributed by atoms with Crippen LogP contribution >= 0.6 is 27.5 Å². The van der Waals surface area contributed by atoms with Gasteiger partial charge in [0.15, 0.2) is 0 Å². The lowest BCUT2D eigenvalue weighted by Gasteiger charge is -2.25. The summed E-state index contributed by atoms with van der Waals surface area (Å²) in [4.78, 5) is 2.03. The van der Waals surface area contributed by atoms with Crippen molar-refractivity contribution >= 4 is 33.2 Å². The summed E-state index contributed by atoms with van der Waals surface area (Å²) < 4.78 is 1.01. The molecule has 0 saturated carbocycles. The van der Waals surface area contributed by atoms with Gasteiger partial charge >= 0.3 is 0 Å². The first-order valence-corrected chi connectivity index (χ1v) is 8.90. The van der Waals surface area contributed by atoms with Gasteiger partial charge in [-0.15, -0.1) is 0 Å². The van der Waals surface area contributed by atoms with E-state index in [1.807, 2.05) is 53.4 Å². The standard InChI is InChI=1S/C19H22BrClN2O/c1-19(2,24)18(22)13-23(16-9-7-15(20)8-10-16)12-11-14-5-3-4-6-17(14)21/h3-10,13,24H,11-12,22H2,1-2H3/b18-13-. The summed E-state index contributed by atoms with van der Waals surface area (Å²) in [5.41, 5.74) is 7.47. The highest BCUT2D eigenvalue weighted by atomic mass is 79.9. The van der Waals surface area contributed by atoms with Gasteiger partial charge in [-0.1, -0.05) is 45.7 Å². The van der Waals surface area contributed by atoms with Gasteiger partial charge in [-0.2, -0.15) is 0 Å². The Morgan fingerprint density at radius 1 is 1.21 bits per heavy atom. The Morgan fingerprint density at radius 3 is 2.42 bits per heavy atom. The molecule has 0 fully saturated rings. The normalized spacial score (nSPS) is 12.3. The Kier molecular flexibility index (Phi) is 6.33. The van der Waals surface area contributed by atoms with Gasteiger partial charge in [0.25, 0.3) is 0 Å². The molecule has 128 valence electrons. The molecule has 0 radical (unpaired) electrons. The summed E-state index contributed by atoms with van der Waals surface area (Å²) in [6.07, 6.45) is 2.56. The smallest absolute Gasteiger partial charge is 0.0996 e. The number of anilines is 1. The second-order valence-corrected chi connectivity index (χ2v) is 7.48. The van der Waals surface area contributed by atoms with Crippen molar-refractivity contribution in [3.63, 3.8) is 0 Å². The SMILES string of the molecule is CC(C)(O)/C(N)=C/N(CCc1ccccc1Cl)c1ccc(Br)cc1. The predicted molar refractivity (Wildman–Crippen MR) is 105 cm³/mol. The van der Waals surface area contributed by atoms with Gasteiger partial charge < -0.3 is 15.7 Å². The van der Waals surface area contributed by atoms with Crippen molar-refractivity contribution < 1.29 is 5.11 Å². The summed E-state index contributed by atoms with van der Waals surface area (Å²) in [5.74, 6) is 0. The maximum Gasteiger partial charge on any atom is 0.0996 e. The number of nitrogens with zero attached hydrogens (tertiary/aromatic N) is 1. The lowest BCUT2D eigenvalue weighted by molar-refractivity contribution is 0.118. The van der Waals surface area contributed by atoms with E-state index in [2.05, 4.69) is 15.9 Å². The van der Waals surface area contributed by atoms with Crippen LogP contribution in [0, 0.1) is 0 Å². The van der Waals surface area contributed by atoms with Gasteiger partial charge in [0.05, 0.1) is 11.3 Å². The van der Waals surface area contributed by atoms with Gasteiger partial charge in [0, 0.05) is 27.9 Å². The zero-order valence-electron chi connectivity index (χ0n) is 13.8. The average molecular weight is 410 g/mol. The third kappa shape index (κ3) is 5.26. The Hall–Kier alpha value is -1.49. The van der Waals surface area contributed by atoms with Crippen molar-refractivity contribution in [2.75, 3.05) is 11.4 Å². The third-order valence-corrected chi connectivity index (χ3v) is 4.64. The molecular weight excluding hydrogens is 388 g/mol. The quantitative estimate of drug-likeness (QED) is 0.725. The summed E-state index contributed by atoms with van der Waals surface area (Å²) in [6, 6.07) is 15.8. The molecule has 0 heterocycles. The van der Waals surface area contributed by atoms with E-state index in [0.717, 1.165) is 27.2 Å². The molecule has 3 nitrogen and oxygen atoms in total. The van der Waals surface area contributed by atoms with E-state index in [0.29, 0.717) is 12.2 Å². The zero-order chi connectivity index (χ0) is 17.7. The molecule has 0 amide bonds. The van der Waals surface area contributed by atoms with E-state index >= 15 is 0 Å². The topological polar surface area (TPSA) is 49.5 Å². The van der Waals surface area contributed by atoms with Crippen LogP contribution in [0.4, 0.5) is 5.69 Å². The van der Waals surface area contributed by atoms with Crippen molar-refractivity contribution in [2.45, 2.75) is 25.9 Å². The molecule has 0 spiro atoms. The second-order valence-electron chi connectivity index (χ2n) is 6.15. The van der Waals surface area contributed by atoms with E-state index in [1.165, 1.54) is 0 Å². The van der Waals surface area contributed by atoms with E-state index < -0.39 is 5.60 Å². The van der Waals surface area contributed by atoms with Crippen LogP contribution in [0.2, 0.25) is 5.02 Å². The molecule has 2 rings (SSSR count). The van der Waals surface area contributed by atoms with Crippen LogP contribution in [0.1, 0.15) is 19.4 Å². The molecule has 0 saturated heterocycles. The highest BCUT2D eigenvalue weighted by Crippen LogP contribution is 2.22. The first kappa shape index (κ1) is 18.8. The van der Waals surface area contributed by atoms with Crippen LogP contribution in [0.5, 0.6) is 0 Å². The minimum atomic E-state index is -1.07. The van der Waals surface area contributed by atoms with Gasteiger partial charge in [-0.05, 0) is 56.2 Å². The van der Waals surface area contributed by atoms with Crippen LogP contribution in [0.25, 0.3) is 0 Å². The Labute approximate surface area is 156 Å². The lowest BCUT2D eigenvalue weighted by Crippen LogP contribution is -2.31. The summed E-state index contributed by atoms with van der Waals surface area (Å²) in [7, 11) is 0. The lowest BCUT2D eigenvalue weighted by atomic mass is 10.1. The molecule has 0 atom stereocenters. The molecule has 0 aliphatic rings. The van der Waals surface area contributed by atoms with Crippen molar-refractivity contribution in [1.82, 2.24) is 0 Å². The van der Waals surface area contributed by atoms with E-state index in [-0.39, 0.29) is 0 Å². The first-order valence-electron chi connectivity index (χ1n) is 7.73. The monoisotopic (exact) mass is 408 g/mol. The molecule has 2 aromatic rings. The third-order valence-electron chi connectivity index (χ3n) is 3.74. The molecule has 2 aromatic carbocycles. The van der Waals surface area contributed by atoms with Crippen LogP contribution in [0.15, 0.2) is 64.9 Å². The molecule has 3 N–H and O–H groups in total. The van der Waals surface area contributed by atoms with Crippen LogP contribution in [-0.2, 0) is 6.42 Å². The fourth-order valence-corrected chi connectivity index (χ4v) is 2.66. The molecule has 24 heavy (non-hydrogen) atoms. The highest BCUT2D eigenvalue weighted by Gasteiger charge is 2.18. The highest BCUT2D eigenvalue weighted by molar-refractivity contribution is 9.10. The van der Waals surface area contributed by atoms with Crippen molar-refractivity contribution in [3.8, 4) is 0 Å². The fourth-order valence-electron chi connectivity index (χ4n) is 2.17. The van der Waals surface area contributed by atoms with Crippen molar-refractivity contribution in [2.24, 2.45) is 5.73 Å². The van der Waals surface area contributed by atoms with Gasteiger partial charge in [0.2, 0.25) is 0 Å². The van der Waals surface area contributed by atoms with Crippen LogP contribution < -0.4 is 10.6 Å². The number of rotatable bonds is 6. The number of benzene rings is 2. The fraction of sp³-hybridized carbons (Fsp3) is 0.263. The zero-order valence-corrected chi connectivity index (χ0v) is 16.2. The van der Waals surface area contributed by atoms with Crippen LogP contribution in [0.3, 0.4) is 0 Å². The van der Waals surface area contributed by atoms with Gasteiger partial charge in [0.1, 0.15) is 0 Å². The van der Waals surface area contributed by atoms with E-state index in [9.17, 15) is 5.11 Å². The molecule has 0 aromatic heterocycles. The second kappa shape index (κ2) is 8.06. The molecular formula is C19H22BrClN2O. The molecule has 0 bridgehead atoms. The van der Waals surface area contributed by atoms with Crippen molar-refractivity contribution in [3.05, 3.63) is 75.5 Å². The summed E-state index contributed by atoms with van der Waals surface area (Å²) >= 11 is 9.69. The van der Waals surface area contributed by atoms with E-state index in [4.69, 9.17) is 17.3 Å². The minimum Gasteiger partial charge on any atom is -0.399 e. The molecule has 0 unspecified atom stereocenters. The number of hydrogen-bond donors (Lipinski definition) is 2. The van der Waals surface area contributed by atoms with Crippen LogP contribution in [-0.4, -0.2) is 17.3 Å². The number of aliphatic hydroxyl groups is 1. The average Bonchev–Trinajstić information content (AvgIpc) is 2.52. The van der Waals surface area contributed by atoms with E-state index in [1.54, 1.807) is 20.0 Å². The Bertz CT molecular complexity index is 708. The first-order chi connectivity index (χ1) is 11.3. The molecule has 5 heteroatoms. The number of hydrogen-bond acceptors (Lipinski definition) is 3. The predicted octanol–water partition coefficient (Wildman–Crippen LogP) is 4.72. The summed E-state index contributed by atoms with van der Waals surface area (Å²) in [6.45, 7) is 4.04. The molecule has 0 aliphatic carbocycles. The van der Waals surface area contributed by atoms with Gasteiger partial charge in [-0.3, -0.25) is 0 Å². The Morgan fingerprint density at radius 2 is 1.83 bits per heavy atom. The Balaban J connectivity index is 2.26.